The Labute approximate surface area is 85.6 Å². The lowest BCUT2D eigenvalue weighted by molar-refractivity contribution is -0.543. The highest BCUT2D eigenvalue weighted by atomic mass is 32.2. The molecule has 0 aliphatic carbocycles. The van der Waals surface area contributed by atoms with Crippen LogP contribution in [0.25, 0.3) is 0 Å². The van der Waals surface area contributed by atoms with E-state index < -0.39 is 15.2 Å². The van der Waals surface area contributed by atoms with E-state index in [0.29, 0.717) is 0 Å². The minimum Gasteiger partial charge on any atom is -0.233 e. The summed E-state index contributed by atoms with van der Waals surface area (Å²) in [6, 6.07) is 7.41. The van der Waals surface area contributed by atoms with Crippen molar-refractivity contribution in [1.82, 2.24) is 5.53 Å². The number of hydrazine groups is 2. The summed E-state index contributed by atoms with van der Waals surface area (Å²) in [7, 11) is -4.23. The standard InChI is InChI=1S/C6H8N4O4S/c7-15(13,14)9(8-10(11)12)6-4-2-1-3-5-6/h1-5,8H,(H2,7,13,14). The molecule has 0 unspecified atom stereocenters. The van der Waals surface area contributed by atoms with Gasteiger partial charge in [0.1, 0.15) is 0 Å². The first-order valence-corrected chi connectivity index (χ1v) is 5.20. The van der Waals surface area contributed by atoms with E-state index in [1.165, 1.54) is 29.8 Å². The molecule has 0 aliphatic heterocycles. The van der Waals surface area contributed by atoms with E-state index in [9.17, 15) is 18.5 Å². The zero-order chi connectivity index (χ0) is 11.5. The van der Waals surface area contributed by atoms with E-state index in [1.807, 2.05) is 0 Å². The third kappa shape index (κ3) is 3.07. The highest BCUT2D eigenvalue weighted by Crippen LogP contribution is 2.12. The van der Waals surface area contributed by atoms with Crippen molar-refractivity contribution in [2.75, 3.05) is 4.41 Å². The summed E-state index contributed by atoms with van der Waals surface area (Å²) in [4.78, 5) is 10.2. The van der Waals surface area contributed by atoms with Crippen LogP contribution in [0, 0.1) is 10.1 Å². The van der Waals surface area contributed by atoms with Crippen LogP contribution in [0.5, 0.6) is 0 Å². The molecule has 3 N–H and O–H groups in total. The van der Waals surface area contributed by atoms with Gasteiger partial charge in [-0.15, -0.1) is 4.41 Å². The maximum atomic E-state index is 11.0. The molecule has 0 spiro atoms. The molecular formula is C6H8N4O4S. The van der Waals surface area contributed by atoms with Gasteiger partial charge in [-0.05, 0) is 17.7 Å². The minimum absolute atomic E-state index is 0.0525. The van der Waals surface area contributed by atoms with Crippen LogP contribution in [0.4, 0.5) is 5.69 Å². The largest absolute Gasteiger partial charge is 0.320 e. The monoisotopic (exact) mass is 232 g/mol. The fourth-order valence-corrected chi connectivity index (χ4v) is 1.50. The van der Waals surface area contributed by atoms with Crippen LogP contribution in [0.15, 0.2) is 30.3 Å². The number of hydrogen-bond donors (Lipinski definition) is 2. The third-order valence-corrected chi connectivity index (χ3v) is 2.22. The third-order valence-electron chi connectivity index (χ3n) is 1.42. The summed E-state index contributed by atoms with van der Waals surface area (Å²) in [5.41, 5.74) is 1.53. The highest BCUT2D eigenvalue weighted by molar-refractivity contribution is 7.90. The summed E-state index contributed by atoms with van der Waals surface area (Å²) in [6.07, 6.45) is 0. The summed E-state index contributed by atoms with van der Waals surface area (Å²) in [5.74, 6) is 0. The molecule has 1 aromatic carbocycles. The van der Waals surface area contributed by atoms with E-state index in [1.54, 1.807) is 6.07 Å². The van der Waals surface area contributed by atoms with Gasteiger partial charge in [-0.3, -0.25) is 0 Å². The van der Waals surface area contributed by atoms with Gasteiger partial charge < -0.3 is 0 Å². The van der Waals surface area contributed by atoms with Crippen LogP contribution >= 0.6 is 0 Å². The summed E-state index contributed by atoms with van der Waals surface area (Å²) in [5, 5.41) is 13.9. The molecule has 0 amide bonds. The van der Waals surface area contributed by atoms with Crippen LogP contribution in [0.2, 0.25) is 0 Å². The molecule has 15 heavy (non-hydrogen) atoms. The summed E-state index contributed by atoms with van der Waals surface area (Å²) in [6.45, 7) is 0. The average molecular weight is 232 g/mol. The lowest BCUT2D eigenvalue weighted by Gasteiger charge is -2.16. The molecule has 0 aromatic heterocycles. The Morgan fingerprint density at radius 3 is 2.27 bits per heavy atom. The average Bonchev–Trinajstić information content (AvgIpc) is 2.14. The molecular weight excluding hydrogens is 224 g/mol. The first kappa shape index (κ1) is 11.2. The molecule has 0 saturated heterocycles. The highest BCUT2D eigenvalue weighted by Gasteiger charge is 2.21. The molecule has 0 aliphatic rings. The molecule has 9 heteroatoms. The first-order chi connectivity index (χ1) is 6.91. The predicted molar refractivity (Wildman–Crippen MR) is 52.2 cm³/mol. The molecule has 0 heterocycles. The molecule has 0 radical (unpaired) electrons. The van der Waals surface area contributed by atoms with Crippen molar-refractivity contribution in [3.05, 3.63) is 40.4 Å². The molecule has 0 bridgehead atoms. The Balaban J connectivity index is 3.08. The normalized spacial score (nSPS) is 10.7. The number of nitro groups is 1. The predicted octanol–water partition coefficient (Wildman–Crippen LogP) is -0.607. The van der Waals surface area contributed by atoms with E-state index in [-0.39, 0.29) is 10.1 Å². The van der Waals surface area contributed by atoms with Gasteiger partial charge in [-0.25, -0.2) is 15.3 Å². The van der Waals surface area contributed by atoms with Crippen molar-refractivity contribution in [2.24, 2.45) is 5.14 Å². The summed E-state index contributed by atoms with van der Waals surface area (Å²) >= 11 is 0. The van der Waals surface area contributed by atoms with Gasteiger partial charge in [0.05, 0.1) is 5.69 Å². The number of anilines is 1. The number of nitrogens with two attached hydrogens (primary N) is 1. The Kier molecular flexibility index (Phi) is 3.07. The van der Waals surface area contributed by atoms with Crippen LogP contribution in [0.3, 0.4) is 0 Å². The molecule has 1 rings (SSSR count). The fraction of sp³-hybridized carbons (Fsp3) is 0. The lowest BCUT2D eigenvalue weighted by Crippen LogP contribution is -2.49. The van der Waals surface area contributed by atoms with Crippen molar-refractivity contribution in [2.45, 2.75) is 0 Å². The smallest absolute Gasteiger partial charge is 0.233 e. The van der Waals surface area contributed by atoms with Crippen LogP contribution in [-0.2, 0) is 10.2 Å². The Morgan fingerprint density at radius 1 is 1.33 bits per heavy atom. The van der Waals surface area contributed by atoms with Gasteiger partial charge in [-0.2, -0.15) is 8.42 Å². The van der Waals surface area contributed by atoms with E-state index in [2.05, 4.69) is 0 Å². The van der Waals surface area contributed by atoms with E-state index >= 15 is 0 Å². The molecule has 82 valence electrons. The van der Waals surface area contributed by atoms with Crippen molar-refractivity contribution >= 4 is 15.9 Å². The van der Waals surface area contributed by atoms with Gasteiger partial charge in [-0.1, -0.05) is 18.2 Å². The van der Waals surface area contributed by atoms with Gasteiger partial charge in [0, 0.05) is 0 Å². The van der Waals surface area contributed by atoms with Crippen molar-refractivity contribution in [3.8, 4) is 0 Å². The zero-order valence-corrected chi connectivity index (χ0v) is 8.22. The summed E-state index contributed by atoms with van der Waals surface area (Å²) < 4.78 is 22.3. The zero-order valence-electron chi connectivity index (χ0n) is 7.40. The Hall–Kier alpha value is -1.87. The maximum Gasteiger partial charge on any atom is 0.320 e. The SMILES string of the molecule is NS(=O)(=O)N(N[N+](=O)[O-])c1ccccc1. The lowest BCUT2D eigenvalue weighted by atomic mass is 10.3. The van der Waals surface area contributed by atoms with Crippen molar-refractivity contribution in [1.29, 1.82) is 0 Å². The second-order valence-electron chi connectivity index (χ2n) is 2.50. The molecule has 1 aromatic rings. The topological polar surface area (TPSA) is 119 Å². The second kappa shape index (κ2) is 4.11. The number of benzene rings is 1. The van der Waals surface area contributed by atoms with Gasteiger partial charge in [0.2, 0.25) is 0 Å². The second-order valence-corrected chi connectivity index (χ2v) is 3.90. The molecule has 0 atom stereocenters. The first-order valence-electron chi connectivity index (χ1n) is 3.70. The fourth-order valence-electron chi connectivity index (χ4n) is 0.899. The van der Waals surface area contributed by atoms with E-state index in [0.717, 1.165) is 0 Å². The number of nitrogens with zero attached hydrogens (tertiary/aromatic N) is 2. The van der Waals surface area contributed by atoms with Crippen molar-refractivity contribution < 1.29 is 13.5 Å². The van der Waals surface area contributed by atoms with Gasteiger partial charge >= 0.3 is 10.2 Å². The molecule has 8 nitrogen and oxygen atoms in total. The minimum atomic E-state index is -4.23. The molecule has 0 saturated carbocycles. The Morgan fingerprint density at radius 2 is 1.87 bits per heavy atom. The van der Waals surface area contributed by atoms with Crippen LogP contribution < -0.4 is 15.1 Å². The van der Waals surface area contributed by atoms with Gasteiger partial charge in [0.25, 0.3) is 0 Å². The van der Waals surface area contributed by atoms with Crippen LogP contribution in [-0.4, -0.2) is 13.5 Å². The molecule has 0 fully saturated rings. The maximum absolute atomic E-state index is 11.0. The Bertz CT molecular complexity index is 445. The van der Waals surface area contributed by atoms with Crippen molar-refractivity contribution in [3.63, 3.8) is 0 Å². The quantitative estimate of drug-likeness (QED) is 0.530. The van der Waals surface area contributed by atoms with Crippen LogP contribution in [0.1, 0.15) is 0 Å². The number of para-hydroxylation sites is 1. The number of rotatable bonds is 4. The van der Waals surface area contributed by atoms with E-state index in [4.69, 9.17) is 5.14 Å². The van der Waals surface area contributed by atoms with Gasteiger partial charge in [0.15, 0.2) is 5.03 Å². The number of hydrogen-bond acceptors (Lipinski definition) is 4. The number of nitrogens with one attached hydrogen (secondary N) is 1.